The van der Waals surface area contributed by atoms with E-state index in [0.717, 1.165) is 12.0 Å². The van der Waals surface area contributed by atoms with Crippen LogP contribution >= 0.6 is 0 Å². The summed E-state index contributed by atoms with van der Waals surface area (Å²) in [5, 5.41) is 3.70. The Kier molecular flexibility index (Phi) is 3.60. The van der Waals surface area contributed by atoms with Crippen molar-refractivity contribution in [1.82, 2.24) is 10.2 Å². The lowest BCUT2D eigenvalue weighted by atomic mass is 9.67. The molecule has 0 aromatic rings. The van der Waals surface area contributed by atoms with Gasteiger partial charge in [0, 0.05) is 19.1 Å². The molecule has 0 saturated carbocycles. The molecule has 0 aromatic carbocycles. The molecule has 2 nitrogen and oxygen atoms in total. The molecule has 2 aliphatic heterocycles. The minimum absolute atomic E-state index is 0.519. The zero-order valence-corrected chi connectivity index (χ0v) is 11.4. The lowest BCUT2D eigenvalue weighted by Crippen LogP contribution is -2.66. The second kappa shape index (κ2) is 4.66. The molecule has 2 heterocycles. The molecule has 5 atom stereocenters. The second-order valence-electron chi connectivity index (χ2n) is 6.17. The van der Waals surface area contributed by atoms with E-state index in [1.807, 2.05) is 0 Å². The number of rotatable bonds is 3. The van der Waals surface area contributed by atoms with Crippen LogP contribution in [0.1, 0.15) is 53.4 Å². The first-order chi connectivity index (χ1) is 7.60. The molecular formula is C14H28N2. The Labute approximate surface area is 101 Å². The average molecular weight is 224 g/mol. The van der Waals surface area contributed by atoms with E-state index in [2.05, 4.69) is 37.9 Å². The highest BCUT2D eigenvalue weighted by molar-refractivity contribution is 4.99. The van der Waals surface area contributed by atoms with Crippen LogP contribution in [0.15, 0.2) is 0 Å². The predicted molar refractivity (Wildman–Crippen MR) is 69.4 cm³/mol. The summed E-state index contributed by atoms with van der Waals surface area (Å²) in [6.07, 6.45) is 6.05. The Morgan fingerprint density at radius 2 is 2.12 bits per heavy atom. The Balaban J connectivity index is 2.14. The van der Waals surface area contributed by atoms with E-state index >= 15 is 0 Å². The number of nitrogens with zero attached hydrogens (tertiary/aromatic N) is 1. The highest BCUT2D eigenvalue weighted by Crippen LogP contribution is 2.43. The number of fused-ring (bicyclic) bond motifs is 2. The Hall–Kier alpha value is -0.0800. The third-order valence-electron chi connectivity index (χ3n) is 4.97. The highest BCUT2D eigenvalue weighted by Gasteiger charge is 2.46. The molecule has 2 fully saturated rings. The summed E-state index contributed by atoms with van der Waals surface area (Å²) in [6, 6.07) is 0.825. The second-order valence-corrected chi connectivity index (χ2v) is 6.17. The van der Waals surface area contributed by atoms with Crippen LogP contribution in [0.4, 0.5) is 0 Å². The number of piperidine rings is 1. The SMILES string of the molecule is CCCC1CC(CC)C2(C)CNC(C)N1C2. The van der Waals surface area contributed by atoms with Crippen LogP contribution in [-0.4, -0.2) is 30.2 Å². The van der Waals surface area contributed by atoms with Gasteiger partial charge in [0.25, 0.3) is 0 Å². The van der Waals surface area contributed by atoms with Crippen molar-refractivity contribution in [2.75, 3.05) is 13.1 Å². The van der Waals surface area contributed by atoms with Gasteiger partial charge in [-0.05, 0) is 31.1 Å². The van der Waals surface area contributed by atoms with Crippen molar-refractivity contribution in [3.8, 4) is 0 Å². The van der Waals surface area contributed by atoms with Gasteiger partial charge in [0.05, 0.1) is 6.17 Å². The molecule has 2 heteroatoms. The van der Waals surface area contributed by atoms with Gasteiger partial charge in [-0.15, -0.1) is 0 Å². The van der Waals surface area contributed by atoms with Crippen LogP contribution in [0.25, 0.3) is 0 Å². The molecular weight excluding hydrogens is 196 g/mol. The van der Waals surface area contributed by atoms with Crippen molar-refractivity contribution in [1.29, 1.82) is 0 Å². The maximum atomic E-state index is 3.70. The van der Waals surface area contributed by atoms with Crippen molar-refractivity contribution in [3.63, 3.8) is 0 Å². The van der Waals surface area contributed by atoms with Crippen molar-refractivity contribution < 1.29 is 0 Å². The standard InChI is InChI=1S/C14H28N2/c1-5-7-13-8-12(6-2)14(4)9-15-11(3)16(13)10-14/h11-13,15H,5-10H2,1-4H3. The van der Waals surface area contributed by atoms with Gasteiger partial charge in [-0.25, -0.2) is 0 Å². The van der Waals surface area contributed by atoms with E-state index < -0.39 is 0 Å². The Bertz CT molecular complexity index is 241. The first-order valence-corrected chi connectivity index (χ1v) is 7.10. The molecule has 1 N–H and O–H groups in total. The number of hydrogen-bond donors (Lipinski definition) is 1. The van der Waals surface area contributed by atoms with Gasteiger partial charge in [-0.3, -0.25) is 4.90 Å². The van der Waals surface area contributed by atoms with E-state index in [1.165, 1.54) is 38.8 Å². The van der Waals surface area contributed by atoms with Gasteiger partial charge in [-0.2, -0.15) is 0 Å². The topological polar surface area (TPSA) is 15.3 Å². The van der Waals surface area contributed by atoms with Crippen LogP contribution in [0, 0.1) is 11.3 Å². The zero-order valence-electron chi connectivity index (χ0n) is 11.4. The van der Waals surface area contributed by atoms with E-state index in [-0.39, 0.29) is 0 Å². The summed E-state index contributed by atoms with van der Waals surface area (Å²) in [4.78, 5) is 2.72. The molecule has 94 valence electrons. The minimum Gasteiger partial charge on any atom is -0.301 e. The molecule has 2 rings (SSSR count). The van der Waals surface area contributed by atoms with Gasteiger partial charge < -0.3 is 5.32 Å². The van der Waals surface area contributed by atoms with Gasteiger partial charge in [0.1, 0.15) is 0 Å². The summed E-state index contributed by atoms with van der Waals surface area (Å²) < 4.78 is 0. The minimum atomic E-state index is 0.519. The van der Waals surface area contributed by atoms with Crippen molar-refractivity contribution in [3.05, 3.63) is 0 Å². The molecule has 5 unspecified atom stereocenters. The quantitative estimate of drug-likeness (QED) is 0.793. The maximum Gasteiger partial charge on any atom is 0.0570 e. The fraction of sp³-hybridized carbons (Fsp3) is 1.00. The number of nitrogens with one attached hydrogen (secondary N) is 1. The first kappa shape index (κ1) is 12.4. The van der Waals surface area contributed by atoms with Crippen LogP contribution in [-0.2, 0) is 0 Å². The van der Waals surface area contributed by atoms with Gasteiger partial charge >= 0.3 is 0 Å². The molecule has 0 radical (unpaired) electrons. The van der Waals surface area contributed by atoms with Crippen molar-refractivity contribution in [2.24, 2.45) is 11.3 Å². The molecule has 2 saturated heterocycles. The number of hydrogen-bond acceptors (Lipinski definition) is 2. The summed E-state index contributed by atoms with van der Waals surface area (Å²) in [7, 11) is 0. The summed E-state index contributed by atoms with van der Waals surface area (Å²) in [5.74, 6) is 0.917. The Morgan fingerprint density at radius 3 is 2.75 bits per heavy atom. The Morgan fingerprint density at radius 1 is 1.38 bits per heavy atom. The fourth-order valence-electron chi connectivity index (χ4n) is 3.85. The third kappa shape index (κ3) is 2.02. The largest absolute Gasteiger partial charge is 0.301 e. The first-order valence-electron chi connectivity index (χ1n) is 7.10. The molecule has 0 aromatic heterocycles. The van der Waals surface area contributed by atoms with Crippen LogP contribution in [0.5, 0.6) is 0 Å². The van der Waals surface area contributed by atoms with E-state index in [0.29, 0.717) is 11.6 Å². The third-order valence-corrected chi connectivity index (χ3v) is 4.97. The monoisotopic (exact) mass is 224 g/mol. The molecule has 2 bridgehead atoms. The molecule has 2 aliphatic rings. The normalized spacial score (nSPS) is 48.0. The molecule has 0 amide bonds. The predicted octanol–water partition coefficient (Wildman–Crippen LogP) is 2.84. The smallest absolute Gasteiger partial charge is 0.0570 e. The molecule has 0 aliphatic carbocycles. The molecule has 0 spiro atoms. The lowest BCUT2D eigenvalue weighted by Gasteiger charge is -2.56. The highest BCUT2D eigenvalue weighted by atomic mass is 15.3. The van der Waals surface area contributed by atoms with Crippen LogP contribution in [0.3, 0.4) is 0 Å². The average Bonchev–Trinajstić information content (AvgIpc) is 2.27. The summed E-state index contributed by atoms with van der Waals surface area (Å²) >= 11 is 0. The fourth-order valence-corrected chi connectivity index (χ4v) is 3.85. The van der Waals surface area contributed by atoms with Crippen molar-refractivity contribution >= 4 is 0 Å². The maximum absolute atomic E-state index is 3.70. The van der Waals surface area contributed by atoms with Gasteiger partial charge in [0.15, 0.2) is 0 Å². The van der Waals surface area contributed by atoms with Crippen LogP contribution < -0.4 is 5.32 Å². The lowest BCUT2D eigenvalue weighted by molar-refractivity contribution is -0.0703. The van der Waals surface area contributed by atoms with E-state index in [4.69, 9.17) is 0 Å². The van der Waals surface area contributed by atoms with Crippen molar-refractivity contribution in [2.45, 2.75) is 65.6 Å². The summed E-state index contributed by atoms with van der Waals surface area (Å²) in [6.45, 7) is 12.0. The molecule has 16 heavy (non-hydrogen) atoms. The van der Waals surface area contributed by atoms with Gasteiger partial charge in [0.2, 0.25) is 0 Å². The summed E-state index contributed by atoms with van der Waals surface area (Å²) in [5.41, 5.74) is 0.519. The van der Waals surface area contributed by atoms with Crippen LogP contribution in [0.2, 0.25) is 0 Å². The van der Waals surface area contributed by atoms with E-state index in [1.54, 1.807) is 0 Å². The van der Waals surface area contributed by atoms with Gasteiger partial charge in [-0.1, -0.05) is 33.6 Å². The van der Waals surface area contributed by atoms with E-state index in [9.17, 15) is 0 Å². The zero-order chi connectivity index (χ0) is 11.8.